The summed E-state index contributed by atoms with van der Waals surface area (Å²) in [5.74, 6) is 0. The monoisotopic (exact) mass is 291 g/mol. The van der Waals surface area contributed by atoms with Gasteiger partial charge in [0.25, 0.3) is 0 Å². The molecular weight excluding hydrogens is 274 g/mol. The molecule has 1 saturated heterocycles. The van der Waals surface area contributed by atoms with Crippen LogP contribution < -0.4 is 4.72 Å². The van der Waals surface area contributed by atoms with E-state index in [1.807, 2.05) is 6.92 Å². The second-order valence-electron chi connectivity index (χ2n) is 4.59. The molecule has 7 heteroatoms. The van der Waals surface area contributed by atoms with Crippen LogP contribution in [0.3, 0.4) is 0 Å². The van der Waals surface area contributed by atoms with Gasteiger partial charge in [0.2, 0.25) is 10.0 Å². The van der Waals surface area contributed by atoms with E-state index < -0.39 is 15.6 Å². The van der Waals surface area contributed by atoms with Gasteiger partial charge in [-0.25, -0.2) is 13.1 Å². The molecule has 2 heterocycles. The third-order valence-corrected chi connectivity index (χ3v) is 5.60. The van der Waals surface area contributed by atoms with E-state index in [9.17, 15) is 8.42 Å². The van der Waals surface area contributed by atoms with Crippen molar-refractivity contribution in [1.82, 2.24) is 4.72 Å². The van der Waals surface area contributed by atoms with Crippen LogP contribution >= 0.6 is 11.3 Å². The van der Waals surface area contributed by atoms with Gasteiger partial charge in [0.15, 0.2) is 0 Å². The first-order valence-corrected chi connectivity index (χ1v) is 8.14. The lowest BCUT2D eigenvalue weighted by Crippen LogP contribution is -2.40. The number of aliphatic hydroxyl groups is 1. The van der Waals surface area contributed by atoms with Crippen LogP contribution in [0.5, 0.6) is 0 Å². The van der Waals surface area contributed by atoms with Crippen molar-refractivity contribution in [3.63, 3.8) is 0 Å². The first-order valence-electron chi connectivity index (χ1n) is 5.78. The van der Waals surface area contributed by atoms with Crippen LogP contribution in [0, 0.1) is 0 Å². The largest absolute Gasteiger partial charge is 0.391 e. The lowest BCUT2D eigenvalue weighted by molar-refractivity contribution is 0.0250. The average Bonchev–Trinajstić information content (AvgIpc) is 2.96. The predicted octanol–water partition coefficient (Wildman–Crippen LogP) is 1.09. The van der Waals surface area contributed by atoms with Gasteiger partial charge in [-0.1, -0.05) is 0 Å². The number of thiophene rings is 1. The molecule has 2 N–H and O–H groups in total. The standard InChI is InChI=1S/C11H17NO4S2/c1-11(4-2-5-16-11)8-12-18(14,15)10-3-6-17-9(10)7-13/h3,6,12-13H,2,4-5,7-8H2,1H3. The lowest BCUT2D eigenvalue weighted by atomic mass is 10.0. The van der Waals surface area contributed by atoms with Gasteiger partial charge in [0.1, 0.15) is 0 Å². The summed E-state index contributed by atoms with van der Waals surface area (Å²) >= 11 is 1.23. The number of nitrogens with one attached hydrogen (secondary N) is 1. The molecule has 0 radical (unpaired) electrons. The first kappa shape index (κ1) is 14.0. The predicted molar refractivity (Wildman–Crippen MR) is 69.0 cm³/mol. The van der Waals surface area contributed by atoms with Gasteiger partial charge in [0.05, 0.1) is 17.1 Å². The number of aliphatic hydroxyl groups excluding tert-OH is 1. The number of hydrogen-bond acceptors (Lipinski definition) is 5. The molecule has 0 aromatic carbocycles. The average molecular weight is 291 g/mol. The molecule has 18 heavy (non-hydrogen) atoms. The Hall–Kier alpha value is -0.470. The number of hydrogen-bond donors (Lipinski definition) is 2. The number of rotatable bonds is 5. The van der Waals surface area contributed by atoms with Crippen molar-refractivity contribution in [2.75, 3.05) is 13.2 Å². The molecule has 1 aliphatic heterocycles. The van der Waals surface area contributed by atoms with E-state index in [-0.39, 0.29) is 18.0 Å². The van der Waals surface area contributed by atoms with E-state index in [0.29, 0.717) is 11.5 Å². The summed E-state index contributed by atoms with van der Waals surface area (Å²) in [4.78, 5) is 0.622. The maximum Gasteiger partial charge on any atom is 0.241 e. The fourth-order valence-electron chi connectivity index (χ4n) is 1.99. The molecule has 1 atom stereocenters. The molecule has 0 bridgehead atoms. The van der Waals surface area contributed by atoms with Gasteiger partial charge in [-0.15, -0.1) is 11.3 Å². The summed E-state index contributed by atoms with van der Waals surface area (Å²) in [6.45, 7) is 2.58. The maximum absolute atomic E-state index is 12.1. The highest BCUT2D eigenvalue weighted by Gasteiger charge is 2.32. The zero-order chi connectivity index (χ0) is 13.2. The van der Waals surface area contributed by atoms with Gasteiger partial charge < -0.3 is 9.84 Å². The normalized spacial score (nSPS) is 24.6. The molecule has 0 aliphatic carbocycles. The Labute approximate surface area is 111 Å². The third-order valence-electron chi connectivity index (χ3n) is 3.07. The van der Waals surface area contributed by atoms with Crippen LogP contribution in [0.4, 0.5) is 0 Å². The molecule has 0 spiro atoms. The second-order valence-corrected chi connectivity index (χ2v) is 7.33. The Morgan fingerprint density at radius 3 is 3.00 bits per heavy atom. The van der Waals surface area contributed by atoms with E-state index in [4.69, 9.17) is 9.84 Å². The van der Waals surface area contributed by atoms with Crippen molar-refractivity contribution in [2.24, 2.45) is 0 Å². The Bertz CT molecular complexity index is 503. The van der Waals surface area contributed by atoms with Crippen LogP contribution in [0.15, 0.2) is 16.3 Å². The number of ether oxygens (including phenoxy) is 1. The van der Waals surface area contributed by atoms with Crippen LogP contribution in [-0.2, 0) is 21.4 Å². The fraction of sp³-hybridized carbons (Fsp3) is 0.636. The summed E-state index contributed by atoms with van der Waals surface area (Å²) < 4.78 is 32.3. The summed E-state index contributed by atoms with van der Waals surface area (Å²) in [5.41, 5.74) is -0.414. The summed E-state index contributed by atoms with van der Waals surface area (Å²) in [6.07, 6.45) is 1.81. The highest BCUT2D eigenvalue weighted by atomic mass is 32.2. The van der Waals surface area contributed by atoms with Gasteiger partial charge in [-0.3, -0.25) is 0 Å². The quantitative estimate of drug-likeness (QED) is 0.851. The zero-order valence-corrected chi connectivity index (χ0v) is 11.8. The van der Waals surface area contributed by atoms with Crippen molar-refractivity contribution in [1.29, 1.82) is 0 Å². The Kier molecular flexibility index (Phi) is 4.08. The minimum Gasteiger partial charge on any atom is -0.391 e. The van der Waals surface area contributed by atoms with Crippen LogP contribution in [-0.4, -0.2) is 32.3 Å². The second kappa shape index (κ2) is 5.26. The minimum atomic E-state index is -3.56. The van der Waals surface area contributed by atoms with E-state index in [1.165, 1.54) is 17.4 Å². The molecule has 0 amide bonds. The van der Waals surface area contributed by atoms with E-state index in [0.717, 1.165) is 12.8 Å². The van der Waals surface area contributed by atoms with Crippen molar-refractivity contribution in [3.8, 4) is 0 Å². The topological polar surface area (TPSA) is 75.6 Å². The van der Waals surface area contributed by atoms with E-state index in [2.05, 4.69) is 4.72 Å². The zero-order valence-electron chi connectivity index (χ0n) is 10.2. The summed E-state index contributed by atoms with van der Waals surface area (Å²) in [6, 6.07) is 1.51. The lowest BCUT2D eigenvalue weighted by Gasteiger charge is -2.23. The fourth-order valence-corrected chi connectivity index (χ4v) is 4.43. The molecule has 1 aliphatic rings. The van der Waals surface area contributed by atoms with Crippen molar-refractivity contribution >= 4 is 21.4 Å². The molecule has 1 aromatic heterocycles. The van der Waals surface area contributed by atoms with Crippen molar-refractivity contribution < 1.29 is 18.3 Å². The SMILES string of the molecule is CC1(CNS(=O)(=O)c2ccsc2CO)CCCO1. The molecule has 5 nitrogen and oxygen atoms in total. The molecule has 1 unspecified atom stereocenters. The Morgan fingerprint density at radius 1 is 1.61 bits per heavy atom. The molecule has 0 saturated carbocycles. The minimum absolute atomic E-state index is 0.164. The van der Waals surface area contributed by atoms with E-state index in [1.54, 1.807) is 5.38 Å². The third kappa shape index (κ3) is 2.92. The molecule has 2 rings (SSSR count). The van der Waals surface area contributed by atoms with Gasteiger partial charge in [-0.05, 0) is 31.2 Å². The summed E-state index contributed by atoms with van der Waals surface area (Å²) in [5, 5.41) is 10.8. The van der Waals surface area contributed by atoms with Gasteiger partial charge >= 0.3 is 0 Å². The van der Waals surface area contributed by atoms with Gasteiger partial charge in [-0.2, -0.15) is 0 Å². The van der Waals surface area contributed by atoms with Gasteiger partial charge in [0, 0.05) is 18.0 Å². The molecular formula is C11H17NO4S2. The molecule has 1 fully saturated rings. The van der Waals surface area contributed by atoms with Crippen LogP contribution in [0.2, 0.25) is 0 Å². The van der Waals surface area contributed by atoms with Crippen LogP contribution in [0.25, 0.3) is 0 Å². The van der Waals surface area contributed by atoms with Crippen molar-refractivity contribution in [3.05, 3.63) is 16.3 Å². The molecule has 1 aromatic rings. The number of sulfonamides is 1. The Balaban J connectivity index is 2.08. The smallest absolute Gasteiger partial charge is 0.241 e. The molecule has 102 valence electrons. The van der Waals surface area contributed by atoms with Crippen LogP contribution in [0.1, 0.15) is 24.6 Å². The van der Waals surface area contributed by atoms with E-state index >= 15 is 0 Å². The highest BCUT2D eigenvalue weighted by Crippen LogP contribution is 2.26. The highest BCUT2D eigenvalue weighted by molar-refractivity contribution is 7.89. The summed E-state index contributed by atoms with van der Waals surface area (Å²) in [7, 11) is -3.56. The Morgan fingerprint density at radius 2 is 2.39 bits per heavy atom. The van der Waals surface area contributed by atoms with Crippen molar-refractivity contribution in [2.45, 2.75) is 36.9 Å². The first-order chi connectivity index (χ1) is 8.47. The maximum atomic E-state index is 12.1.